The van der Waals surface area contributed by atoms with Gasteiger partial charge in [0.2, 0.25) is 0 Å². The molecule has 0 saturated carbocycles. The van der Waals surface area contributed by atoms with Gasteiger partial charge >= 0.3 is 0 Å². The van der Waals surface area contributed by atoms with E-state index in [1.807, 2.05) is 0 Å². The van der Waals surface area contributed by atoms with Gasteiger partial charge in [-0.2, -0.15) is 0 Å². The monoisotopic (exact) mass is 244 g/mol. The van der Waals surface area contributed by atoms with Gasteiger partial charge in [-0.15, -0.1) is 0 Å². The number of methoxy groups -OCH3 is 1. The summed E-state index contributed by atoms with van der Waals surface area (Å²) in [6.07, 6.45) is 6.11. The molecule has 1 fully saturated rings. The number of rotatable bonds is 9. The molecule has 102 valence electrons. The van der Waals surface area contributed by atoms with Crippen LogP contribution in [-0.4, -0.2) is 57.5 Å². The molecular weight excluding hydrogens is 216 g/mol. The number of likely N-dealkylation sites (tertiary alicyclic amines) is 1. The van der Waals surface area contributed by atoms with Crippen LogP contribution in [0, 0.1) is 0 Å². The molecule has 0 aliphatic carbocycles. The van der Waals surface area contributed by atoms with Crippen molar-refractivity contribution in [3.8, 4) is 0 Å². The van der Waals surface area contributed by atoms with Crippen LogP contribution in [0.2, 0.25) is 0 Å². The molecule has 1 aliphatic heterocycles. The summed E-state index contributed by atoms with van der Waals surface area (Å²) in [6, 6.07) is 0.691. The minimum atomic E-state index is 0.691. The van der Waals surface area contributed by atoms with Gasteiger partial charge in [0.05, 0.1) is 6.61 Å². The fraction of sp³-hybridized carbons (Fsp3) is 1.00. The Labute approximate surface area is 105 Å². The van der Waals surface area contributed by atoms with Crippen molar-refractivity contribution in [3.05, 3.63) is 0 Å². The predicted molar refractivity (Wildman–Crippen MR) is 70.2 cm³/mol. The largest absolute Gasteiger partial charge is 0.385 e. The summed E-state index contributed by atoms with van der Waals surface area (Å²) in [6.45, 7) is 5.51. The first kappa shape index (κ1) is 14.9. The van der Waals surface area contributed by atoms with Gasteiger partial charge in [-0.1, -0.05) is 6.42 Å². The summed E-state index contributed by atoms with van der Waals surface area (Å²) in [5, 5.41) is 0. The molecule has 4 nitrogen and oxygen atoms in total. The SMILES string of the molecule is COCCCOCCN1CCCCC1CCN. The van der Waals surface area contributed by atoms with Crippen LogP contribution in [0.4, 0.5) is 0 Å². The summed E-state index contributed by atoms with van der Waals surface area (Å²) < 4.78 is 10.6. The van der Waals surface area contributed by atoms with Gasteiger partial charge < -0.3 is 15.2 Å². The Balaban J connectivity index is 2.06. The van der Waals surface area contributed by atoms with Crippen LogP contribution >= 0.6 is 0 Å². The molecular formula is C13H28N2O2. The lowest BCUT2D eigenvalue weighted by Gasteiger charge is -2.35. The van der Waals surface area contributed by atoms with E-state index in [1.54, 1.807) is 7.11 Å². The summed E-state index contributed by atoms with van der Waals surface area (Å²) in [5.41, 5.74) is 5.66. The molecule has 2 N–H and O–H groups in total. The normalized spacial score (nSPS) is 21.9. The zero-order chi connectivity index (χ0) is 12.3. The predicted octanol–water partition coefficient (Wildman–Crippen LogP) is 1.24. The molecule has 1 saturated heterocycles. The highest BCUT2D eigenvalue weighted by molar-refractivity contribution is 4.76. The van der Waals surface area contributed by atoms with Gasteiger partial charge in [0.15, 0.2) is 0 Å². The lowest BCUT2D eigenvalue weighted by Crippen LogP contribution is -2.42. The number of hydrogen-bond donors (Lipinski definition) is 1. The fourth-order valence-corrected chi connectivity index (χ4v) is 2.46. The van der Waals surface area contributed by atoms with Crippen LogP contribution in [-0.2, 0) is 9.47 Å². The van der Waals surface area contributed by atoms with E-state index < -0.39 is 0 Å². The second-order valence-corrected chi connectivity index (χ2v) is 4.72. The van der Waals surface area contributed by atoms with E-state index in [2.05, 4.69) is 4.90 Å². The van der Waals surface area contributed by atoms with Gasteiger partial charge in [-0.25, -0.2) is 0 Å². The van der Waals surface area contributed by atoms with Crippen molar-refractivity contribution >= 4 is 0 Å². The second kappa shape index (κ2) is 9.83. The first-order valence-electron chi connectivity index (χ1n) is 6.89. The highest BCUT2D eigenvalue weighted by Gasteiger charge is 2.20. The second-order valence-electron chi connectivity index (χ2n) is 4.72. The number of nitrogens with zero attached hydrogens (tertiary/aromatic N) is 1. The molecule has 1 atom stereocenters. The zero-order valence-corrected chi connectivity index (χ0v) is 11.2. The van der Waals surface area contributed by atoms with E-state index in [4.69, 9.17) is 15.2 Å². The van der Waals surface area contributed by atoms with Gasteiger partial charge in [0.25, 0.3) is 0 Å². The fourth-order valence-electron chi connectivity index (χ4n) is 2.46. The van der Waals surface area contributed by atoms with Crippen molar-refractivity contribution < 1.29 is 9.47 Å². The third kappa shape index (κ3) is 6.36. The Hall–Kier alpha value is -0.160. The highest BCUT2D eigenvalue weighted by Crippen LogP contribution is 2.18. The molecule has 0 radical (unpaired) electrons. The molecule has 0 aromatic rings. The van der Waals surface area contributed by atoms with Gasteiger partial charge in [0.1, 0.15) is 0 Å². The van der Waals surface area contributed by atoms with E-state index in [0.717, 1.165) is 45.8 Å². The summed E-state index contributed by atoms with van der Waals surface area (Å²) in [4.78, 5) is 2.55. The quantitative estimate of drug-likeness (QED) is 0.620. The maximum atomic E-state index is 5.66. The maximum absolute atomic E-state index is 5.66. The summed E-state index contributed by atoms with van der Waals surface area (Å²) >= 11 is 0. The Kier molecular flexibility index (Phi) is 8.61. The van der Waals surface area contributed by atoms with Crippen molar-refractivity contribution in [2.75, 3.05) is 46.6 Å². The maximum Gasteiger partial charge on any atom is 0.0593 e. The number of piperidine rings is 1. The number of nitrogens with two attached hydrogens (primary N) is 1. The average molecular weight is 244 g/mol. The molecule has 0 bridgehead atoms. The lowest BCUT2D eigenvalue weighted by atomic mass is 9.99. The third-order valence-electron chi connectivity index (χ3n) is 3.41. The number of ether oxygens (including phenoxy) is 2. The van der Waals surface area contributed by atoms with E-state index >= 15 is 0 Å². The first-order chi connectivity index (χ1) is 8.38. The van der Waals surface area contributed by atoms with Crippen molar-refractivity contribution in [1.29, 1.82) is 0 Å². The van der Waals surface area contributed by atoms with Crippen LogP contribution in [0.3, 0.4) is 0 Å². The highest BCUT2D eigenvalue weighted by atomic mass is 16.5. The van der Waals surface area contributed by atoms with E-state index in [1.165, 1.54) is 25.8 Å². The smallest absolute Gasteiger partial charge is 0.0593 e. The van der Waals surface area contributed by atoms with E-state index in [9.17, 15) is 0 Å². The summed E-state index contributed by atoms with van der Waals surface area (Å²) in [5.74, 6) is 0. The van der Waals surface area contributed by atoms with Crippen LogP contribution in [0.25, 0.3) is 0 Å². The molecule has 1 aliphatic rings. The summed E-state index contributed by atoms with van der Waals surface area (Å²) in [7, 11) is 1.73. The topological polar surface area (TPSA) is 47.7 Å². The standard InChI is InChI=1S/C13H28N2O2/c1-16-10-4-11-17-12-9-15-8-3-2-5-13(15)6-7-14/h13H,2-12,14H2,1H3. The van der Waals surface area contributed by atoms with Crippen LogP contribution in [0.5, 0.6) is 0 Å². The molecule has 0 spiro atoms. The molecule has 0 aromatic heterocycles. The van der Waals surface area contributed by atoms with Crippen LogP contribution < -0.4 is 5.73 Å². The van der Waals surface area contributed by atoms with Crippen molar-refractivity contribution in [3.63, 3.8) is 0 Å². The molecule has 1 heterocycles. The molecule has 1 rings (SSSR count). The van der Waals surface area contributed by atoms with Crippen molar-refractivity contribution in [2.45, 2.75) is 38.1 Å². The molecule has 4 heteroatoms. The van der Waals surface area contributed by atoms with Crippen LogP contribution in [0.15, 0.2) is 0 Å². The molecule has 0 aromatic carbocycles. The van der Waals surface area contributed by atoms with Gasteiger partial charge in [0, 0.05) is 32.9 Å². The molecule has 0 amide bonds. The Morgan fingerprint density at radius 3 is 2.88 bits per heavy atom. The van der Waals surface area contributed by atoms with Gasteiger partial charge in [-0.3, -0.25) is 4.90 Å². The number of hydrogen-bond acceptors (Lipinski definition) is 4. The zero-order valence-electron chi connectivity index (χ0n) is 11.2. The third-order valence-corrected chi connectivity index (χ3v) is 3.41. The average Bonchev–Trinajstić information content (AvgIpc) is 2.36. The van der Waals surface area contributed by atoms with Crippen molar-refractivity contribution in [1.82, 2.24) is 4.90 Å². The van der Waals surface area contributed by atoms with Crippen molar-refractivity contribution in [2.24, 2.45) is 5.73 Å². The Morgan fingerprint density at radius 1 is 1.24 bits per heavy atom. The minimum absolute atomic E-state index is 0.691. The minimum Gasteiger partial charge on any atom is -0.385 e. The first-order valence-corrected chi connectivity index (χ1v) is 6.89. The molecule has 17 heavy (non-hydrogen) atoms. The molecule has 1 unspecified atom stereocenters. The Morgan fingerprint density at radius 2 is 2.12 bits per heavy atom. The lowest BCUT2D eigenvalue weighted by molar-refractivity contribution is 0.0597. The van der Waals surface area contributed by atoms with E-state index in [0.29, 0.717) is 6.04 Å². The Bertz CT molecular complexity index is 177. The van der Waals surface area contributed by atoms with E-state index in [-0.39, 0.29) is 0 Å². The van der Waals surface area contributed by atoms with Crippen LogP contribution in [0.1, 0.15) is 32.1 Å². The van der Waals surface area contributed by atoms with Gasteiger partial charge in [-0.05, 0) is 38.8 Å².